The number of anilines is 1. The Kier molecular flexibility index (Phi) is 3.35. The minimum atomic E-state index is -0.926. The largest absolute Gasteiger partial charge is 0.478 e. The van der Waals surface area contributed by atoms with Crippen molar-refractivity contribution >= 4 is 17.7 Å². The van der Waals surface area contributed by atoms with E-state index in [9.17, 15) is 9.59 Å². The summed E-state index contributed by atoms with van der Waals surface area (Å²) in [7, 11) is 0. The molecule has 5 heteroatoms. The standard InChI is InChI=1S/C16H20N2O3/c1-10-8-17(9-11(10)2)16(21)18-6-5-12-7-13(15(19)20)3-4-14(12)18/h3-4,7,10-11H,5-6,8-9H2,1-2H3,(H,19,20). The van der Waals surface area contributed by atoms with Gasteiger partial charge < -0.3 is 10.0 Å². The Hall–Kier alpha value is -2.04. The number of amides is 2. The molecule has 112 valence electrons. The van der Waals surface area contributed by atoms with Gasteiger partial charge in [-0.3, -0.25) is 4.90 Å². The molecule has 0 bridgehead atoms. The molecule has 1 saturated heterocycles. The Balaban J connectivity index is 1.81. The van der Waals surface area contributed by atoms with Crippen LogP contribution in [0.25, 0.3) is 0 Å². The molecule has 2 unspecified atom stereocenters. The minimum absolute atomic E-state index is 0.0491. The van der Waals surface area contributed by atoms with E-state index in [1.165, 1.54) is 0 Å². The normalized spacial score (nSPS) is 24.3. The van der Waals surface area contributed by atoms with Gasteiger partial charge in [0.1, 0.15) is 0 Å². The molecular weight excluding hydrogens is 268 g/mol. The maximum Gasteiger partial charge on any atom is 0.335 e. The Labute approximate surface area is 124 Å². The summed E-state index contributed by atoms with van der Waals surface area (Å²) in [6.07, 6.45) is 0.723. The molecule has 0 spiro atoms. The van der Waals surface area contributed by atoms with Crippen molar-refractivity contribution in [1.82, 2.24) is 4.90 Å². The monoisotopic (exact) mass is 288 g/mol. The predicted molar refractivity (Wildman–Crippen MR) is 79.7 cm³/mol. The molecule has 1 aromatic carbocycles. The first kappa shape index (κ1) is 13.9. The van der Waals surface area contributed by atoms with Gasteiger partial charge in [0.2, 0.25) is 0 Å². The number of carboxylic acid groups (broad SMARTS) is 1. The molecule has 0 aromatic heterocycles. The summed E-state index contributed by atoms with van der Waals surface area (Å²) >= 11 is 0. The minimum Gasteiger partial charge on any atom is -0.478 e. The summed E-state index contributed by atoms with van der Waals surface area (Å²) in [4.78, 5) is 27.4. The third-order valence-corrected chi connectivity index (χ3v) is 4.71. The average Bonchev–Trinajstić information content (AvgIpc) is 3.01. The van der Waals surface area contributed by atoms with E-state index >= 15 is 0 Å². The number of likely N-dealkylation sites (tertiary alicyclic amines) is 1. The Bertz CT molecular complexity index is 589. The van der Waals surface area contributed by atoms with E-state index in [1.807, 2.05) is 4.90 Å². The second-order valence-corrected chi connectivity index (χ2v) is 6.19. The van der Waals surface area contributed by atoms with Gasteiger partial charge in [-0.15, -0.1) is 0 Å². The number of nitrogens with zero attached hydrogens (tertiary/aromatic N) is 2. The lowest BCUT2D eigenvalue weighted by molar-refractivity contribution is 0.0697. The molecule has 5 nitrogen and oxygen atoms in total. The van der Waals surface area contributed by atoms with Gasteiger partial charge in [0, 0.05) is 25.3 Å². The van der Waals surface area contributed by atoms with Gasteiger partial charge in [0.05, 0.1) is 5.56 Å². The van der Waals surface area contributed by atoms with Gasteiger partial charge in [-0.05, 0) is 42.0 Å². The Morgan fingerprint density at radius 1 is 1.19 bits per heavy atom. The van der Waals surface area contributed by atoms with E-state index in [1.54, 1.807) is 23.1 Å². The number of hydrogen-bond acceptors (Lipinski definition) is 2. The molecule has 0 aliphatic carbocycles. The summed E-state index contributed by atoms with van der Waals surface area (Å²) in [6, 6.07) is 5.06. The van der Waals surface area contributed by atoms with Crippen molar-refractivity contribution in [3.05, 3.63) is 29.3 Å². The number of rotatable bonds is 1. The van der Waals surface area contributed by atoms with E-state index in [2.05, 4.69) is 13.8 Å². The third kappa shape index (κ3) is 2.37. The third-order valence-electron chi connectivity index (χ3n) is 4.71. The van der Waals surface area contributed by atoms with Gasteiger partial charge >= 0.3 is 12.0 Å². The van der Waals surface area contributed by atoms with Crippen molar-refractivity contribution < 1.29 is 14.7 Å². The Morgan fingerprint density at radius 3 is 2.48 bits per heavy atom. The second kappa shape index (κ2) is 5.06. The number of carbonyl (C=O) groups is 2. The summed E-state index contributed by atoms with van der Waals surface area (Å²) < 4.78 is 0. The van der Waals surface area contributed by atoms with E-state index in [4.69, 9.17) is 5.11 Å². The lowest BCUT2D eigenvalue weighted by Crippen LogP contribution is -2.41. The number of benzene rings is 1. The maximum atomic E-state index is 12.7. The zero-order valence-electron chi connectivity index (χ0n) is 12.4. The van der Waals surface area contributed by atoms with Crippen molar-refractivity contribution in [2.45, 2.75) is 20.3 Å². The van der Waals surface area contributed by atoms with Crippen molar-refractivity contribution in [2.24, 2.45) is 11.8 Å². The van der Waals surface area contributed by atoms with E-state index in [0.717, 1.165) is 30.8 Å². The summed E-state index contributed by atoms with van der Waals surface area (Å²) in [5.41, 5.74) is 2.09. The van der Waals surface area contributed by atoms with Crippen LogP contribution in [0.3, 0.4) is 0 Å². The highest BCUT2D eigenvalue weighted by molar-refractivity contribution is 5.96. The average molecular weight is 288 g/mol. The van der Waals surface area contributed by atoms with Crippen LogP contribution in [0.2, 0.25) is 0 Å². The second-order valence-electron chi connectivity index (χ2n) is 6.19. The first-order valence-electron chi connectivity index (χ1n) is 7.40. The van der Waals surface area contributed by atoms with Crippen LogP contribution < -0.4 is 4.90 Å². The number of fused-ring (bicyclic) bond motifs is 1. The fraction of sp³-hybridized carbons (Fsp3) is 0.500. The lowest BCUT2D eigenvalue weighted by atomic mass is 10.0. The first-order valence-corrected chi connectivity index (χ1v) is 7.40. The molecule has 0 radical (unpaired) electrons. The maximum absolute atomic E-state index is 12.7. The molecule has 1 fully saturated rings. The number of hydrogen-bond donors (Lipinski definition) is 1. The van der Waals surface area contributed by atoms with Gasteiger partial charge in [-0.25, -0.2) is 9.59 Å². The highest BCUT2D eigenvalue weighted by Gasteiger charge is 2.34. The molecule has 1 aromatic rings. The predicted octanol–water partition coefficient (Wildman–Crippen LogP) is 2.46. The van der Waals surface area contributed by atoms with Crippen LogP contribution in [-0.2, 0) is 6.42 Å². The van der Waals surface area contributed by atoms with Crippen LogP contribution in [0.4, 0.5) is 10.5 Å². The number of carboxylic acids is 1. The molecule has 2 heterocycles. The molecule has 2 atom stereocenters. The molecule has 1 N–H and O–H groups in total. The van der Waals surface area contributed by atoms with E-state index in [-0.39, 0.29) is 11.6 Å². The van der Waals surface area contributed by atoms with Crippen LogP contribution in [0.15, 0.2) is 18.2 Å². The molecule has 2 aliphatic rings. The number of carbonyl (C=O) groups excluding carboxylic acids is 1. The fourth-order valence-electron chi connectivity index (χ4n) is 3.19. The summed E-state index contributed by atoms with van der Waals surface area (Å²) in [5, 5.41) is 9.03. The smallest absolute Gasteiger partial charge is 0.335 e. The van der Waals surface area contributed by atoms with Gasteiger partial charge in [-0.2, -0.15) is 0 Å². The Morgan fingerprint density at radius 2 is 1.86 bits per heavy atom. The summed E-state index contributed by atoms with van der Waals surface area (Å²) in [5.74, 6) is 0.139. The van der Waals surface area contributed by atoms with Crippen LogP contribution in [0.1, 0.15) is 29.8 Å². The molecule has 2 aliphatic heterocycles. The van der Waals surface area contributed by atoms with Gasteiger partial charge in [-0.1, -0.05) is 13.8 Å². The van der Waals surface area contributed by atoms with Crippen LogP contribution in [-0.4, -0.2) is 41.6 Å². The fourth-order valence-corrected chi connectivity index (χ4v) is 3.19. The quantitative estimate of drug-likeness (QED) is 0.863. The lowest BCUT2D eigenvalue weighted by Gasteiger charge is -2.25. The van der Waals surface area contributed by atoms with E-state index in [0.29, 0.717) is 18.4 Å². The molecule has 3 rings (SSSR count). The van der Waals surface area contributed by atoms with Crippen molar-refractivity contribution in [3.8, 4) is 0 Å². The van der Waals surface area contributed by atoms with E-state index < -0.39 is 5.97 Å². The van der Waals surface area contributed by atoms with Crippen molar-refractivity contribution in [3.63, 3.8) is 0 Å². The molecule has 2 amide bonds. The van der Waals surface area contributed by atoms with Gasteiger partial charge in [0.25, 0.3) is 0 Å². The van der Waals surface area contributed by atoms with Crippen LogP contribution >= 0.6 is 0 Å². The highest BCUT2D eigenvalue weighted by Crippen LogP contribution is 2.31. The SMILES string of the molecule is CC1CN(C(=O)N2CCc3cc(C(=O)O)ccc32)CC1C. The van der Waals surface area contributed by atoms with Crippen molar-refractivity contribution in [2.75, 3.05) is 24.5 Å². The van der Waals surface area contributed by atoms with Crippen LogP contribution in [0.5, 0.6) is 0 Å². The number of aromatic carboxylic acids is 1. The zero-order valence-corrected chi connectivity index (χ0v) is 12.4. The number of urea groups is 1. The highest BCUT2D eigenvalue weighted by atomic mass is 16.4. The zero-order chi connectivity index (χ0) is 15.1. The molecular formula is C16H20N2O3. The molecule has 0 saturated carbocycles. The van der Waals surface area contributed by atoms with Crippen LogP contribution in [0, 0.1) is 11.8 Å². The van der Waals surface area contributed by atoms with Gasteiger partial charge in [0.15, 0.2) is 0 Å². The first-order chi connectivity index (χ1) is 9.97. The van der Waals surface area contributed by atoms with Crippen molar-refractivity contribution in [1.29, 1.82) is 0 Å². The topological polar surface area (TPSA) is 60.9 Å². The summed E-state index contributed by atoms with van der Waals surface area (Å²) in [6.45, 7) is 6.60. The molecule has 21 heavy (non-hydrogen) atoms.